The third kappa shape index (κ3) is 4.27. The minimum Gasteiger partial charge on any atom is -0.352 e. The molecule has 2 amide bonds. The molecule has 0 spiro atoms. The predicted octanol–water partition coefficient (Wildman–Crippen LogP) is 2.69. The lowest BCUT2D eigenvalue weighted by molar-refractivity contribution is -0.121. The third-order valence-corrected chi connectivity index (χ3v) is 8.57. The molecule has 0 radical (unpaired) electrons. The second-order valence-electron chi connectivity index (χ2n) is 11.3. The van der Waals surface area contributed by atoms with E-state index >= 15 is 0 Å². The van der Waals surface area contributed by atoms with Crippen molar-refractivity contribution in [2.24, 2.45) is 23.2 Å². The molecule has 7 nitrogen and oxygen atoms in total. The lowest BCUT2D eigenvalue weighted by Gasteiger charge is -2.56. The number of hydrogen-bond acceptors (Lipinski definition) is 4. The normalized spacial score (nSPS) is 32.7. The Morgan fingerprint density at radius 3 is 2.58 bits per heavy atom. The molecule has 2 aromatic heterocycles. The molecule has 2 aromatic rings. The van der Waals surface area contributed by atoms with Crippen LogP contribution in [0.5, 0.6) is 0 Å². The minimum absolute atomic E-state index is 0.0140. The Labute approximate surface area is 195 Å². The number of hydrogen-bond donors (Lipinski definition) is 3. The van der Waals surface area contributed by atoms with Crippen LogP contribution in [0.4, 0.5) is 0 Å². The number of rotatable bonds is 6. The molecule has 4 bridgehead atoms. The summed E-state index contributed by atoms with van der Waals surface area (Å²) >= 11 is 0. The number of pyridine rings is 1. The largest absolute Gasteiger partial charge is 0.352 e. The maximum absolute atomic E-state index is 13.2. The van der Waals surface area contributed by atoms with Gasteiger partial charge in [-0.15, -0.1) is 0 Å². The van der Waals surface area contributed by atoms with E-state index in [0.717, 1.165) is 50.2 Å². The lowest BCUT2D eigenvalue weighted by atomic mass is 9.49. The van der Waals surface area contributed by atoms with Gasteiger partial charge in [0.15, 0.2) is 0 Å². The van der Waals surface area contributed by atoms with Crippen LogP contribution < -0.4 is 16.0 Å². The van der Waals surface area contributed by atoms with Crippen molar-refractivity contribution in [3.63, 3.8) is 0 Å². The molecule has 1 saturated heterocycles. The highest BCUT2D eigenvalue weighted by Gasteiger charge is 2.50. The van der Waals surface area contributed by atoms with Crippen molar-refractivity contribution in [3.05, 3.63) is 35.8 Å². The SMILES string of the molecule is O=C(Cc1cn2c(C(=O)NCC34CC5CC(CC(C5)C3)C4)cccc2n1)N[C@@H]1CCCNC1. The Kier molecular flexibility index (Phi) is 5.40. The number of imidazole rings is 1. The fourth-order valence-corrected chi connectivity index (χ4v) is 7.61. The summed E-state index contributed by atoms with van der Waals surface area (Å²) in [6, 6.07) is 5.80. The summed E-state index contributed by atoms with van der Waals surface area (Å²) in [5.41, 5.74) is 2.30. The smallest absolute Gasteiger partial charge is 0.268 e. The average molecular weight is 450 g/mol. The van der Waals surface area contributed by atoms with Crippen molar-refractivity contribution in [2.45, 2.75) is 63.8 Å². The van der Waals surface area contributed by atoms with E-state index in [1.807, 2.05) is 28.8 Å². The van der Waals surface area contributed by atoms with Gasteiger partial charge in [-0.25, -0.2) is 4.98 Å². The standard InChI is InChI=1S/C26H35N5O2/c32-24(30-20-3-2-6-27-14-20)10-21-15-31-22(4-1-5-23(31)29-21)25(33)28-16-26-11-17-7-18(12-26)9-19(8-17)13-26/h1,4-5,15,17-20,27H,2-3,6-14,16H2,(H,28,33)(H,30,32)/t17?,18?,19?,20-,26?/m1/s1. The average Bonchev–Trinajstić information content (AvgIpc) is 3.19. The first-order valence-electron chi connectivity index (χ1n) is 12.8. The van der Waals surface area contributed by atoms with E-state index in [-0.39, 0.29) is 24.3 Å². The van der Waals surface area contributed by atoms with Gasteiger partial charge in [0.2, 0.25) is 5.91 Å². The van der Waals surface area contributed by atoms with Gasteiger partial charge in [-0.2, -0.15) is 0 Å². The molecule has 0 unspecified atom stereocenters. The first-order chi connectivity index (χ1) is 16.1. The van der Waals surface area contributed by atoms with Gasteiger partial charge in [-0.3, -0.25) is 14.0 Å². The molecular formula is C26H35N5O2. The fourth-order valence-electron chi connectivity index (χ4n) is 7.61. The molecule has 5 aliphatic rings. The summed E-state index contributed by atoms with van der Waals surface area (Å²) < 4.78 is 1.83. The summed E-state index contributed by atoms with van der Waals surface area (Å²) in [5.74, 6) is 2.58. The number of carbonyl (C=O) groups excluding carboxylic acids is 2. The van der Waals surface area contributed by atoms with Crippen LogP contribution >= 0.6 is 0 Å². The monoisotopic (exact) mass is 449 g/mol. The van der Waals surface area contributed by atoms with E-state index in [2.05, 4.69) is 20.9 Å². The zero-order valence-corrected chi connectivity index (χ0v) is 19.3. The van der Waals surface area contributed by atoms with Gasteiger partial charge < -0.3 is 16.0 Å². The second-order valence-corrected chi connectivity index (χ2v) is 11.3. The zero-order chi connectivity index (χ0) is 22.4. The molecule has 7 heteroatoms. The van der Waals surface area contributed by atoms with Gasteiger partial charge in [-0.1, -0.05) is 6.07 Å². The van der Waals surface area contributed by atoms with Gasteiger partial charge in [-0.05, 0) is 93.2 Å². The minimum atomic E-state index is -0.0435. The van der Waals surface area contributed by atoms with E-state index in [1.54, 1.807) is 0 Å². The van der Waals surface area contributed by atoms with E-state index < -0.39 is 0 Å². The number of aromatic nitrogens is 2. The molecule has 3 heterocycles. The summed E-state index contributed by atoms with van der Waals surface area (Å²) in [4.78, 5) is 30.3. The Morgan fingerprint density at radius 1 is 1.12 bits per heavy atom. The molecule has 0 aromatic carbocycles. The predicted molar refractivity (Wildman–Crippen MR) is 126 cm³/mol. The van der Waals surface area contributed by atoms with Gasteiger partial charge in [0.05, 0.1) is 12.1 Å². The Hall–Kier alpha value is -2.41. The zero-order valence-electron chi connectivity index (χ0n) is 19.3. The van der Waals surface area contributed by atoms with Crippen molar-refractivity contribution in [1.29, 1.82) is 0 Å². The summed E-state index contributed by atoms with van der Waals surface area (Å²) in [6.45, 7) is 2.63. The van der Waals surface area contributed by atoms with Crippen molar-refractivity contribution in [3.8, 4) is 0 Å². The van der Waals surface area contributed by atoms with Crippen LogP contribution in [0.1, 0.15) is 67.5 Å². The number of carbonyl (C=O) groups is 2. The molecule has 176 valence electrons. The summed E-state index contributed by atoms with van der Waals surface area (Å²) in [5, 5.41) is 9.70. The van der Waals surface area contributed by atoms with Crippen LogP contribution in [0.2, 0.25) is 0 Å². The maximum Gasteiger partial charge on any atom is 0.268 e. The Morgan fingerprint density at radius 2 is 1.88 bits per heavy atom. The van der Waals surface area contributed by atoms with E-state index in [1.165, 1.54) is 38.5 Å². The van der Waals surface area contributed by atoms with Crippen LogP contribution in [-0.4, -0.2) is 46.9 Å². The highest BCUT2D eigenvalue weighted by atomic mass is 16.2. The molecule has 1 aliphatic heterocycles. The Bertz CT molecular complexity index is 1020. The molecule has 33 heavy (non-hydrogen) atoms. The first-order valence-corrected chi connectivity index (χ1v) is 12.8. The molecule has 3 N–H and O–H groups in total. The van der Waals surface area contributed by atoms with Crippen LogP contribution in [0.15, 0.2) is 24.4 Å². The summed E-state index contributed by atoms with van der Waals surface area (Å²) in [6.07, 6.45) is 12.2. The molecule has 4 saturated carbocycles. The molecular weight excluding hydrogens is 414 g/mol. The lowest BCUT2D eigenvalue weighted by Crippen LogP contribution is -2.51. The van der Waals surface area contributed by atoms with E-state index in [4.69, 9.17) is 0 Å². The quantitative estimate of drug-likeness (QED) is 0.633. The van der Waals surface area contributed by atoms with E-state index in [0.29, 0.717) is 22.5 Å². The van der Waals surface area contributed by atoms with Gasteiger partial charge in [0.25, 0.3) is 5.91 Å². The maximum atomic E-state index is 13.2. The number of nitrogens with one attached hydrogen (secondary N) is 3. The molecule has 1 atom stereocenters. The van der Waals surface area contributed by atoms with E-state index in [9.17, 15) is 9.59 Å². The van der Waals surface area contributed by atoms with Crippen LogP contribution in [0.3, 0.4) is 0 Å². The number of fused-ring (bicyclic) bond motifs is 1. The number of nitrogens with zero attached hydrogens (tertiary/aromatic N) is 2. The molecule has 7 rings (SSSR count). The van der Waals surface area contributed by atoms with Gasteiger partial charge in [0.1, 0.15) is 11.3 Å². The number of amides is 2. The van der Waals surface area contributed by atoms with Crippen LogP contribution in [-0.2, 0) is 11.2 Å². The van der Waals surface area contributed by atoms with Crippen LogP contribution in [0, 0.1) is 23.2 Å². The topological polar surface area (TPSA) is 87.5 Å². The van der Waals surface area contributed by atoms with Gasteiger partial charge >= 0.3 is 0 Å². The van der Waals surface area contributed by atoms with Crippen molar-refractivity contribution >= 4 is 17.5 Å². The van der Waals surface area contributed by atoms with Gasteiger partial charge in [0, 0.05) is 25.3 Å². The molecule has 4 aliphatic carbocycles. The fraction of sp³-hybridized carbons (Fsp3) is 0.654. The second kappa shape index (κ2) is 8.42. The highest BCUT2D eigenvalue weighted by Crippen LogP contribution is 2.59. The van der Waals surface area contributed by atoms with Crippen molar-refractivity contribution < 1.29 is 9.59 Å². The first kappa shape index (κ1) is 21.1. The Balaban J connectivity index is 1.12. The van der Waals surface area contributed by atoms with Crippen molar-refractivity contribution in [2.75, 3.05) is 19.6 Å². The van der Waals surface area contributed by atoms with Crippen molar-refractivity contribution in [1.82, 2.24) is 25.3 Å². The highest BCUT2D eigenvalue weighted by molar-refractivity contribution is 5.93. The third-order valence-electron chi connectivity index (χ3n) is 8.57. The van der Waals surface area contributed by atoms with Crippen LogP contribution in [0.25, 0.3) is 5.65 Å². The number of piperidine rings is 1. The summed E-state index contributed by atoms with van der Waals surface area (Å²) in [7, 11) is 0. The molecule has 5 fully saturated rings.